The number of aromatic hydroxyl groups is 1. The highest BCUT2D eigenvalue weighted by Crippen LogP contribution is 2.34. The molecule has 0 fully saturated rings. The van der Waals surface area contributed by atoms with Crippen LogP contribution in [0.5, 0.6) is 5.75 Å². The van der Waals surface area contributed by atoms with Crippen molar-refractivity contribution in [1.29, 1.82) is 0 Å². The van der Waals surface area contributed by atoms with E-state index in [-0.39, 0.29) is 32.3 Å². The summed E-state index contributed by atoms with van der Waals surface area (Å²) in [6.07, 6.45) is -4.67. The molecule has 2 aromatic rings. The molecule has 2 amide bonds. The predicted octanol–water partition coefficient (Wildman–Crippen LogP) is 5.31. The van der Waals surface area contributed by atoms with Crippen LogP contribution in [-0.2, 0) is 4.74 Å². The van der Waals surface area contributed by atoms with Gasteiger partial charge >= 0.3 is 12.1 Å². The number of aryl methyl sites for hydroxylation is 1. The van der Waals surface area contributed by atoms with Crippen LogP contribution in [-0.4, -0.2) is 46.2 Å². The second kappa shape index (κ2) is 10.1. The molecule has 0 radical (unpaired) electrons. The lowest BCUT2D eigenvalue weighted by atomic mass is 10.0. The van der Waals surface area contributed by atoms with Gasteiger partial charge in [-0.25, -0.2) is 9.80 Å². The van der Waals surface area contributed by atoms with Crippen molar-refractivity contribution in [2.75, 3.05) is 6.61 Å². The van der Waals surface area contributed by atoms with Gasteiger partial charge in [0.05, 0.1) is 26.7 Å². The smallest absolute Gasteiger partial charge is 0.422 e. The van der Waals surface area contributed by atoms with Crippen LogP contribution < -0.4 is 5.43 Å². The van der Waals surface area contributed by atoms with Gasteiger partial charge in [0.1, 0.15) is 0 Å². The van der Waals surface area contributed by atoms with E-state index >= 15 is 0 Å². The Balaban J connectivity index is 2.31. The summed E-state index contributed by atoms with van der Waals surface area (Å²) in [6.45, 7) is 4.61. The highest BCUT2D eigenvalue weighted by atomic mass is 35.5. The maximum atomic E-state index is 13.2. The molecule has 12 heteroatoms. The van der Waals surface area contributed by atoms with Gasteiger partial charge in [-0.2, -0.15) is 13.2 Å². The Morgan fingerprint density at radius 3 is 2.18 bits per heavy atom. The van der Waals surface area contributed by atoms with Gasteiger partial charge in [0, 0.05) is 5.56 Å². The summed E-state index contributed by atoms with van der Waals surface area (Å²) >= 11 is 11.8. The number of nitrogens with one attached hydrogen (secondary N) is 1. The van der Waals surface area contributed by atoms with Crippen LogP contribution in [0.2, 0.25) is 10.0 Å². The van der Waals surface area contributed by atoms with E-state index in [4.69, 9.17) is 23.2 Å². The molecule has 0 saturated carbocycles. The number of phenolic OH excluding ortho intramolecular Hbond substituents is 1. The second-order valence-corrected chi connectivity index (χ2v) is 9.02. The lowest BCUT2D eigenvalue weighted by Gasteiger charge is -2.35. The molecule has 0 unspecified atom stereocenters. The molecule has 34 heavy (non-hydrogen) atoms. The lowest BCUT2D eigenvalue weighted by molar-refractivity contribution is -0.161. The van der Waals surface area contributed by atoms with Crippen LogP contribution in [0.15, 0.2) is 30.3 Å². The van der Waals surface area contributed by atoms with E-state index in [1.165, 1.54) is 31.2 Å². The van der Waals surface area contributed by atoms with E-state index in [2.05, 4.69) is 10.2 Å². The van der Waals surface area contributed by atoms with E-state index in [0.29, 0.717) is 0 Å². The molecule has 0 aromatic heterocycles. The fraction of sp³-hybridized carbons (Fsp3) is 0.318. The average molecular weight is 521 g/mol. The minimum Gasteiger partial charge on any atom is -0.505 e. The van der Waals surface area contributed by atoms with Gasteiger partial charge in [0.15, 0.2) is 12.4 Å². The number of hydrazine groups is 1. The summed E-state index contributed by atoms with van der Waals surface area (Å²) in [5, 5.41) is 10.5. The summed E-state index contributed by atoms with van der Waals surface area (Å²) in [7, 11) is 0. The zero-order valence-corrected chi connectivity index (χ0v) is 20.0. The summed E-state index contributed by atoms with van der Waals surface area (Å²) < 4.78 is 41.2. The summed E-state index contributed by atoms with van der Waals surface area (Å²) in [4.78, 5) is 37.9. The van der Waals surface area contributed by atoms with Crippen LogP contribution in [0.4, 0.5) is 13.2 Å². The summed E-state index contributed by atoms with van der Waals surface area (Å²) in [5.41, 5.74) is 1.47. The highest BCUT2D eigenvalue weighted by Gasteiger charge is 2.32. The van der Waals surface area contributed by atoms with E-state index in [1.807, 2.05) is 0 Å². The van der Waals surface area contributed by atoms with Crippen molar-refractivity contribution in [2.24, 2.45) is 0 Å². The first-order valence-electron chi connectivity index (χ1n) is 9.70. The Morgan fingerprint density at radius 2 is 1.65 bits per heavy atom. The monoisotopic (exact) mass is 520 g/mol. The van der Waals surface area contributed by atoms with Gasteiger partial charge in [0.2, 0.25) is 0 Å². The minimum absolute atomic E-state index is 0.0464. The molecular weight excluding hydrogens is 500 g/mol. The minimum atomic E-state index is -4.67. The van der Waals surface area contributed by atoms with Gasteiger partial charge in [-0.05, 0) is 63.6 Å². The number of hydrogen-bond acceptors (Lipinski definition) is 5. The number of carbonyl (C=O) groups is 3. The highest BCUT2D eigenvalue weighted by molar-refractivity contribution is 6.39. The zero-order chi connectivity index (χ0) is 26.0. The van der Waals surface area contributed by atoms with Crippen LogP contribution in [0, 0.1) is 6.92 Å². The van der Waals surface area contributed by atoms with Gasteiger partial charge < -0.3 is 9.84 Å². The maximum Gasteiger partial charge on any atom is 0.422 e. The molecule has 7 nitrogen and oxygen atoms in total. The maximum absolute atomic E-state index is 13.2. The van der Waals surface area contributed by atoms with Gasteiger partial charge in [0.25, 0.3) is 11.8 Å². The fourth-order valence-electron chi connectivity index (χ4n) is 2.78. The topological polar surface area (TPSA) is 95.9 Å². The number of hydrogen-bond donors (Lipinski definition) is 2. The van der Waals surface area contributed by atoms with Crippen molar-refractivity contribution < 1.29 is 37.4 Å². The fourth-order valence-corrected chi connectivity index (χ4v) is 3.24. The Bertz CT molecular complexity index is 1130. The number of amides is 2. The van der Waals surface area contributed by atoms with E-state index in [1.54, 1.807) is 20.8 Å². The molecule has 2 aromatic carbocycles. The lowest BCUT2D eigenvalue weighted by Crippen LogP contribution is -2.56. The van der Waals surface area contributed by atoms with Crippen LogP contribution in [0.1, 0.15) is 57.4 Å². The molecule has 2 rings (SSSR count). The first-order valence-corrected chi connectivity index (χ1v) is 10.5. The zero-order valence-electron chi connectivity index (χ0n) is 18.5. The number of nitrogens with zero attached hydrogens (tertiary/aromatic N) is 1. The van der Waals surface area contributed by atoms with Crippen molar-refractivity contribution in [1.82, 2.24) is 10.4 Å². The van der Waals surface area contributed by atoms with Crippen molar-refractivity contribution in [2.45, 2.75) is 39.4 Å². The Labute approximate surface area is 203 Å². The number of benzene rings is 2. The molecule has 0 spiro atoms. The predicted molar refractivity (Wildman–Crippen MR) is 119 cm³/mol. The Hall–Kier alpha value is -2.98. The third-order valence-corrected chi connectivity index (χ3v) is 5.15. The standard InChI is InChI=1S/C22H21Cl2F3N2O5/c1-11-9-12(5-6-13(11)20(33)34-10-22(25,26)27)19(32)29(21(2,3)4)28-18(31)14-7-8-15(23)17(30)16(14)24/h5-9,30H,10H2,1-4H3,(H,28,31). The van der Waals surface area contributed by atoms with E-state index in [0.717, 1.165) is 11.1 Å². The summed E-state index contributed by atoms with van der Waals surface area (Å²) in [6, 6.07) is 6.22. The summed E-state index contributed by atoms with van der Waals surface area (Å²) in [5.74, 6) is -3.15. The number of halogens is 5. The number of ether oxygens (including phenoxy) is 1. The molecule has 0 bridgehead atoms. The molecule has 0 aliphatic carbocycles. The van der Waals surface area contributed by atoms with Crippen molar-refractivity contribution in [3.63, 3.8) is 0 Å². The van der Waals surface area contributed by atoms with Crippen LogP contribution >= 0.6 is 23.2 Å². The van der Waals surface area contributed by atoms with Gasteiger partial charge in [-0.3, -0.25) is 15.0 Å². The van der Waals surface area contributed by atoms with Crippen molar-refractivity contribution in [3.05, 3.63) is 62.6 Å². The van der Waals surface area contributed by atoms with Crippen molar-refractivity contribution in [3.8, 4) is 5.75 Å². The van der Waals surface area contributed by atoms with E-state index in [9.17, 15) is 32.7 Å². The molecule has 2 N–H and O–H groups in total. The average Bonchev–Trinajstić information content (AvgIpc) is 2.72. The van der Waals surface area contributed by atoms with Gasteiger partial charge in [-0.1, -0.05) is 23.2 Å². The van der Waals surface area contributed by atoms with E-state index < -0.39 is 41.9 Å². The number of esters is 1. The Kier molecular flexibility index (Phi) is 8.10. The molecule has 184 valence electrons. The number of carbonyl (C=O) groups excluding carboxylic acids is 3. The first-order chi connectivity index (χ1) is 15.5. The van der Waals surface area contributed by atoms with Crippen LogP contribution in [0.25, 0.3) is 0 Å². The normalized spacial score (nSPS) is 11.7. The first kappa shape index (κ1) is 27.3. The van der Waals surface area contributed by atoms with Crippen molar-refractivity contribution >= 4 is 41.0 Å². The van der Waals surface area contributed by atoms with Crippen LogP contribution in [0.3, 0.4) is 0 Å². The molecule has 0 aliphatic heterocycles. The SMILES string of the molecule is Cc1cc(C(=O)N(NC(=O)c2ccc(Cl)c(O)c2Cl)C(C)(C)C)ccc1C(=O)OCC(F)(F)F. The molecule has 0 heterocycles. The number of alkyl halides is 3. The second-order valence-electron chi connectivity index (χ2n) is 8.23. The number of rotatable bonds is 4. The molecule has 0 saturated heterocycles. The van der Waals surface area contributed by atoms with Gasteiger partial charge in [-0.15, -0.1) is 0 Å². The molecule has 0 aliphatic rings. The largest absolute Gasteiger partial charge is 0.505 e. The Morgan fingerprint density at radius 1 is 1.06 bits per heavy atom. The molecule has 0 atom stereocenters. The number of phenols is 1. The third kappa shape index (κ3) is 6.54. The quantitative estimate of drug-likeness (QED) is 0.420. The molecular formula is C22H21Cl2F3N2O5. The third-order valence-electron chi connectivity index (χ3n) is 4.46.